The molecular weight excluding hydrogens is 527 g/mol. The summed E-state index contributed by atoms with van der Waals surface area (Å²) in [4.78, 5) is 7.87. The highest BCUT2D eigenvalue weighted by Gasteiger charge is 2.28. The smallest absolute Gasteiger partial charge is 0.204 e. The van der Waals surface area contributed by atoms with Gasteiger partial charge in [0, 0.05) is 53.3 Å². The fourth-order valence-electron chi connectivity index (χ4n) is 6.48. The van der Waals surface area contributed by atoms with Crippen LogP contribution in [0.3, 0.4) is 0 Å². The quantitative estimate of drug-likeness (QED) is 0.213. The van der Waals surface area contributed by atoms with Gasteiger partial charge in [-0.15, -0.1) is 22.7 Å². The van der Waals surface area contributed by atoms with E-state index in [1.54, 1.807) is 11.3 Å². The van der Waals surface area contributed by atoms with Gasteiger partial charge >= 0.3 is 0 Å². The lowest BCUT2D eigenvalue weighted by Crippen LogP contribution is -2.40. The first-order valence-corrected chi connectivity index (χ1v) is 15.1. The average Bonchev–Trinajstić information content (AvgIpc) is 3.65. The topological polar surface area (TPSA) is 20.5 Å². The van der Waals surface area contributed by atoms with Crippen LogP contribution in [0.15, 0.2) is 120 Å². The van der Waals surface area contributed by atoms with E-state index in [-0.39, 0.29) is 6.29 Å². The highest BCUT2D eigenvalue weighted by Crippen LogP contribution is 2.42. The molecule has 1 atom stereocenters. The number of hydrogen-bond donors (Lipinski definition) is 0. The molecule has 1 aliphatic rings. The molecule has 0 saturated carbocycles. The molecule has 0 saturated heterocycles. The maximum Gasteiger partial charge on any atom is 0.204 e. The van der Waals surface area contributed by atoms with Gasteiger partial charge in [0.25, 0.3) is 0 Å². The maximum atomic E-state index is 5.50. The van der Waals surface area contributed by atoms with Crippen LogP contribution in [0.2, 0.25) is 0 Å². The molecule has 1 unspecified atom stereocenters. The molecule has 0 fully saturated rings. The van der Waals surface area contributed by atoms with Gasteiger partial charge in [-0.1, -0.05) is 84.9 Å². The van der Waals surface area contributed by atoms with Crippen LogP contribution in [0.4, 0.5) is 0 Å². The molecule has 0 spiro atoms. The largest absolute Gasteiger partial charge is 0.334 e. The lowest BCUT2D eigenvalue weighted by Gasteiger charge is -2.33. The van der Waals surface area contributed by atoms with Crippen LogP contribution >= 0.6 is 22.7 Å². The minimum atomic E-state index is -0.222. The molecule has 3 aromatic heterocycles. The summed E-state index contributed by atoms with van der Waals surface area (Å²) in [6, 6.07) is 41.8. The van der Waals surface area contributed by atoms with Crippen LogP contribution in [0.5, 0.6) is 0 Å². The Kier molecular flexibility index (Phi) is 4.63. The van der Waals surface area contributed by atoms with Crippen molar-refractivity contribution in [2.75, 3.05) is 7.05 Å². The Bertz CT molecular complexity index is 2410. The predicted octanol–water partition coefficient (Wildman–Crippen LogP) is 8.25. The second-order valence-corrected chi connectivity index (χ2v) is 12.5. The van der Waals surface area contributed by atoms with Crippen molar-refractivity contribution in [3.05, 3.63) is 131 Å². The van der Waals surface area contributed by atoms with E-state index in [2.05, 4.69) is 132 Å². The second-order valence-electron chi connectivity index (χ2n) is 10.4. The number of benzene rings is 5. The molecule has 0 amide bonds. The van der Waals surface area contributed by atoms with E-state index in [0.29, 0.717) is 0 Å². The zero-order valence-electron chi connectivity index (χ0n) is 21.7. The van der Waals surface area contributed by atoms with E-state index in [9.17, 15) is 0 Å². The van der Waals surface area contributed by atoms with Crippen molar-refractivity contribution in [3.63, 3.8) is 0 Å². The highest BCUT2D eigenvalue weighted by atomic mass is 32.1. The number of rotatable bonds is 2. The Morgan fingerprint density at radius 2 is 1.25 bits per heavy atom. The molecule has 9 rings (SSSR count). The SMILES string of the molecule is CN1C(c2ccccc2)=c2c(sc3ccccc23)=NC1n1c2ccccc2c2cc3sc4ccccc4c3cc21. The molecule has 5 aromatic carbocycles. The average molecular weight is 550 g/mol. The summed E-state index contributed by atoms with van der Waals surface area (Å²) in [5, 5.41) is 7.68. The molecule has 0 radical (unpaired) electrons. The van der Waals surface area contributed by atoms with Crippen LogP contribution < -0.4 is 9.89 Å². The van der Waals surface area contributed by atoms with Crippen LogP contribution in [0.25, 0.3) is 57.8 Å². The third-order valence-corrected chi connectivity index (χ3v) is 10.4. The van der Waals surface area contributed by atoms with Crippen molar-refractivity contribution in [1.82, 2.24) is 9.47 Å². The molecular formula is C35H23N3S2. The minimum Gasteiger partial charge on any atom is -0.334 e. The first-order chi connectivity index (χ1) is 19.8. The van der Waals surface area contributed by atoms with Gasteiger partial charge in [-0.2, -0.15) is 0 Å². The molecule has 0 aliphatic carbocycles. The lowest BCUT2D eigenvalue weighted by atomic mass is 10.1. The first-order valence-electron chi connectivity index (χ1n) is 13.5. The fourth-order valence-corrected chi connectivity index (χ4v) is 8.69. The van der Waals surface area contributed by atoms with Crippen LogP contribution in [-0.2, 0) is 0 Å². The van der Waals surface area contributed by atoms with Crippen LogP contribution in [0.1, 0.15) is 11.9 Å². The Morgan fingerprint density at radius 3 is 2.08 bits per heavy atom. The van der Waals surface area contributed by atoms with E-state index < -0.39 is 0 Å². The summed E-state index contributed by atoms with van der Waals surface area (Å²) >= 11 is 3.67. The molecule has 8 aromatic rings. The van der Waals surface area contributed by atoms with E-state index in [1.807, 2.05) is 11.3 Å². The Morgan fingerprint density at radius 1 is 0.575 bits per heavy atom. The standard InChI is InChI=1S/C35H23N3S2/c1-37-33(21-11-3-2-4-12-21)32-24-15-7-10-18-30(24)40-34(32)36-35(37)38-27-16-8-5-13-22(27)25-20-31-26(19-28(25)38)23-14-6-9-17-29(23)39-31/h2-20,35H,1H3. The third-order valence-electron chi connectivity index (χ3n) is 8.23. The Labute approximate surface area is 238 Å². The maximum absolute atomic E-state index is 5.50. The number of para-hydroxylation sites is 1. The number of hydrogen-bond acceptors (Lipinski definition) is 4. The summed E-state index contributed by atoms with van der Waals surface area (Å²) < 4.78 is 7.47. The number of thiophene rings is 2. The van der Waals surface area contributed by atoms with Crippen molar-refractivity contribution in [3.8, 4) is 0 Å². The molecule has 40 heavy (non-hydrogen) atoms. The van der Waals surface area contributed by atoms with Crippen molar-refractivity contribution >= 4 is 80.4 Å². The molecule has 4 heterocycles. The highest BCUT2D eigenvalue weighted by molar-refractivity contribution is 7.25. The van der Waals surface area contributed by atoms with Crippen molar-refractivity contribution in [1.29, 1.82) is 0 Å². The van der Waals surface area contributed by atoms with Crippen molar-refractivity contribution < 1.29 is 0 Å². The lowest BCUT2D eigenvalue weighted by molar-refractivity contribution is 0.273. The normalized spacial score (nSPS) is 15.5. The summed E-state index contributed by atoms with van der Waals surface area (Å²) in [7, 11) is 2.20. The first kappa shape index (κ1) is 22.4. The second kappa shape index (κ2) is 8.28. The van der Waals surface area contributed by atoms with E-state index >= 15 is 0 Å². The van der Waals surface area contributed by atoms with Crippen molar-refractivity contribution in [2.45, 2.75) is 6.29 Å². The van der Waals surface area contributed by atoms with E-state index in [1.165, 1.54) is 68.5 Å². The predicted molar refractivity (Wildman–Crippen MR) is 171 cm³/mol. The Balaban J connectivity index is 1.41. The molecule has 0 N–H and O–H groups in total. The van der Waals surface area contributed by atoms with Gasteiger partial charge in [-0.3, -0.25) is 0 Å². The van der Waals surface area contributed by atoms with Gasteiger partial charge in [0.15, 0.2) is 0 Å². The van der Waals surface area contributed by atoms with Gasteiger partial charge in [0.1, 0.15) is 4.67 Å². The van der Waals surface area contributed by atoms with Gasteiger partial charge in [-0.25, -0.2) is 4.99 Å². The molecule has 1 aliphatic heterocycles. The van der Waals surface area contributed by atoms with E-state index in [0.717, 1.165) is 4.67 Å². The fraction of sp³-hybridized carbons (Fsp3) is 0.0571. The number of fused-ring (bicyclic) bond motifs is 9. The third kappa shape index (κ3) is 3.02. The molecule has 0 bridgehead atoms. The van der Waals surface area contributed by atoms with Crippen molar-refractivity contribution in [2.24, 2.45) is 4.99 Å². The van der Waals surface area contributed by atoms with Crippen LogP contribution in [-0.4, -0.2) is 16.5 Å². The summed E-state index contributed by atoms with van der Waals surface area (Å²) in [5.41, 5.74) is 4.86. The van der Waals surface area contributed by atoms with Gasteiger partial charge < -0.3 is 9.47 Å². The van der Waals surface area contributed by atoms with E-state index in [4.69, 9.17) is 4.99 Å². The zero-order valence-corrected chi connectivity index (χ0v) is 23.3. The van der Waals surface area contributed by atoms with Gasteiger partial charge in [0.05, 0.1) is 16.7 Å². The summed E-state index contributed by atoms with van der Waals surface area (Å²) in [6.07, 6.45) is -0.222. The van der Waals surface area contributed by atoms with Crippen LogP contribution in [0, 0.1) is 0 Å². The number of nitrogens with zero attached hydrogens (tertiary/aromatic N) is 3. The van der Waals surface area contributed by atoms with Gasteiger partial charge in [0.2, 0.25) is 6.29 Å². The number of aromatic nitrogens is 1. The summed E-state index contributed by atoms with van der Waals surface area (Å²) in [6.45, 7) is 0. The monoisotopic (exact) mass is 549 g/mol. The molecule has 190 valence electrons. The molecule has 5 heteroatoms. The summed E-state index contributed by atoms with van der Waals surface area (Å²) in [5.74, 6) is 0. The minimum absolute atomic E-state index is 0.222. The van der Waals surface area contributed by atoms with Gasteiger partial charge in [-0.05, 0) is 35.9 Å². The zero-order chi connectivity index (χ0) is 26.4. The molecule has 3 nitrogen and oxygen atoms in total. The Hall–Kier alpha value is -4.45.